The molecular weight excluding hydrogens is 461 g/mol. The fraction of sp³-hybridized carbons (Fsp3) is 0.765. The first-order valence-corrected chi connectivity index (χ1v) is 9.51. The van der Waals surface area contributed by atoms with Gasteiger partial charge >= 0.3 is 6.09 Å². The molecule has 0 bridgehead atoms. The third-order valence-electron chi connectivity index (χ3n) is 4.33. The lowest BCUT2D eigenvalue weighted by molar-refractivity contribution is 0.0963. The van der Waals surface area contributed by atoms with Crippen molar-refractivity contribution >= 4 is 36.0 Å². The average molecular weight is 493 g/mol. The molecule has 0 atom stereocenters. The van der Waals surface area contributed by atoms with Crippen LogP contribution in [0.1, 0.15) is 39.4 Å². The number of aryl methyl sites for hydroxylation is 1. The van der Waals surface area contributed by atoms with Gasteiger partial charge in [-0.1, -0.05) is 6.92 Å². The molecule has 27 heavy (non-hydrogen) atoms. The van der Waals surface area contributed by atoms with Crippen LogP contribution < -0.4 is 10.6 Å². The molecule has 0 saturated carbocycles. The fourth-order valence-corrected chi connectivity index (χ4v) is 2.94. The largest absolute Gasteiger partial charge is 0.450 e. The van der Waals surface area contributed by atoms with Crippen LogP contribution in [-0.4, -0.2) is 70.5 Å². The third-order valence-corrected chi connectivity index (χ3v) is 4.33. The molecule has 1 fully saturated rings. The van der Waals surface area contributed by atoms with Crippen molar-refractivity contribution in [2.45, 2.75) is 52.6 Å². The van der Waals surface area contributed by atoms with Gasteiger partial charge in [-0.15, -0.1) is 34.2 Å². The number of carbonyl (C=O) groups excluding carboxylic acids is 1. The molecule has 1 saturated heterocycles. The van der Waals surface area contributed by atoms with E-state index in [9.17, 15) is 4.79 Å². The number of aromatic nitrogens is 3. The minimum Gasteiger partial charge on any atom is -0.450 e. The van der Waals surface area contributed by atoms with E-state index in [-0.39, 0.29) is 30.1 Å². The second-order valence-corrected chi connectivity index (χ2v) is 6.16. The Hall–Kier alpha value is -1.59. The molecule has 0 unspecified atom stereocenters. The number of hydrogen-bond donors (Lipinski definition) is 2. The maximum Gasteiger partial charge on any atom is 0.409 e. The molecule has 1 amide bonds. The topological polar surface area (TPSA) is 96.7 Å². The van der Waals surface area contributed by atoms with Gasteiger partial charge in [0.15, 0.2) is 5.96 Å². The van der Waals surface area contributed by atoms with Crippen LogP contribution in [0.15, 0.2) is 11.3 Å². The predicted molar refractivity (Wildman–Crippen MR) is 116 cm³/mol. The molecule has 0 aliphatic carbocycles. The Morgan fingerprint density at radius 3 is 2.70 bits per heavy atom. The van der Waals surface area contributed by atoms with Crippen LogP contribution in [0.5, 0.6) is 0 Å². The number of carbonyl (C=O) groups is 1. The molecule has 0 radical (unpaired) electrons. The zero-order valence-electron chi connectivity index (χ0n) is 16.5. The van der Waals surface area contributed by atoms with E-state index in [0.717, 1.165) is 44.1 Å². The Balaban J connectivity index is 0.00000364. The summed E-state index contributed by atoms with van der Waals surface area (Å²) in [5, 5.41) is 14.8. The van der Waals surface area contributed by atoms with Gasteiger partial charge in [-0.2, -0.15) is 0 Å². The summed E-state index contributed by atoms with van der Waals surface area (Å²) >= 11 is 0. The highest BCUT2D eigenvalue weighted by atomic mass is 127. The number of amides is 1. The summed E-state index contributed by atoms with van der Waals surface area (Å²) in [6.07, 6.45) is 4.16. The fourth-order valence-electron chi connectivity index (χ4n) is 2.94. The Kier molecular flexibility index (Phi) is 11.1. The van der Waals surface area contributed by atoms with Crippen LogP contribution in [0.4, 0.5) is 4.79 Å². The van der Waals surface area contributed by atoms with E-state index in [1.54, 1.807) is 11.2 Å². The van der Waals surface area contributed by atoms with Crippen molar-refractivity contribution in [1.29, 1.82) is 0 Å². The number of aliphatic imine (C=N–C) groups is 1. The molecule has 154 valence electrons. The first-order chi connectivity index (χ1) is 12.7. The molecule has 1 aromatic rings. The number of rotatable bonds is 7. The SMILES string of the molecule is CCNC(=NCCn1cnnc1CC)NC1CCN(C(=O)OCC)CC1.I. The van der Waals surface area contributed by atoms with Gasteiger partial charge in [-0.3, -0.25) is 4.99 Å². The minimum atomic E-state index is -0.216. The summed E-state index contributed by atoms with van der Waals surface area (Å²) in [6, 6.07) is 0.305. The number of halogens is 1. The normalized spacial score (nSPS) is 15.2. The Labute approximate surface area is 178 Å². The van der Waals surface area contributed by atoms with Crippen LogP contribution in [-0.2, 0) is 17.7 Å². The molecule has 1 aliphatic rings. The lowest BCUT2D eigenvalue weighted by Gasteiger charge is -2.32. The Morgan fingerprint density at radius 2 is 2.07 bits per heavy atom. The average Bonchev–Trinajstić information content (AvgIpc) is 3.10. The second kappa shape index (κ2) is 12.7. The van der Waals surface area contributed by atoms with Crippen molar-refractivity contribution in [3.63, 3.8) is 0 Å². The highest BCUT2D eigenvalue weighted by molar-refractivity contribution is 14.0. The van der Waals surface area contributed by atoms with E-state index in [1.165, 1.54) is 0 Å². The number of piperidine rings is 1. The van der Waals surface area contributed by atoms with Crippen LogP contribution in [0.25, 0.3) is 0 Å². The lowest BCUT2D eigenvalue weighted by atomic mass is 10.1. The molecule has 0 spiro atoms. The number of hydrogen-bond acceptors (Lipinski definition) is 5. The van der Waals surface area contributed by atoms with Crippen molar-refractivity contribution in [3.8, 4) is 0 Å². The van der Waals surface area contributed by atoms with Crippen molar-refractivity contribution in [2.75, 3.05) is 32.8 Å². The molecule has 9 nitrogen and oxygen atoms in total. The van der Waals surface area contributed by atoms with Gasteiger partial charge in [0.1, 0.15) is 12.2 Å². The van der Waals surface area contributed by atoms with Crippen LogP contribution in [0, 0.1) is 0 Å². The minimum absolute atomic E-state index is 0. The summed E-state index contributed by atoms with van der Waals surface area (Å²) in [4.78, 5) is 18.2. The van der Waals surface area contributed by atoms with Crippen LogP contribution in [0.2, 0.25) is 0 Å². The van der Waals surface area contributed by atoms with E-state index >= 15 is 0 Å². The van der Waals surface area contributed by atoms with Gasteiger partial charge in [0.05, 0.1) is 13.2 Å². The molecular formula is C17H32IN7O2. The number of likely N-dealkylation sites (tertiary alicyclic amines) is 1. The standard InChI is InChI=1S/C17H31N7O2.HI/c1-4-15-22-20-13-24(15)12-9-19-16(18-5-2)21-14-7-10-23(11-8-14)17(25)26-6-3;/h13-14H,4-12H2,1-3H3,(H2,18,19,21);1H. The lowest BCUT2D eigenvalue weighted by Crippen LogP contribution is -2.50. The quantitative estimate of drug-likeness (QED) is 0.341. The molecule has 2 rings (SSSR count). The van der Waals surface area contributed by atoms with Crippen LogP contribution in [0.3, 0.4) is 0 Å². The van der Waals surface area contributed by atoms with Gasteiger partial charge in [0.2, 0.25) is 0 Å². The zero-order chi connectivity index (χ0) is 18.8. The van der Waals surface area contributed by atoms with E-state index < -0.39 is 0 Å². The monoisotopic (exact) mass is 493 g/mol. The molecule has 2 N–H and O–H groups in total. The summed E-state index contributed by atoms with van der Waals surface area (Å²) in [5.41, 5.74) is 0. The van der Waals surface area contributed by atoms with Crippen molar-refractivity contribution in [3.05, 3.63) is 12.2 Å². The smallest absolute Gasteiger partial charge is 0.409 e. The highest BCUT2D eigenvalue weighted by Crippen LogP contribution is 2.11. The van der Waals surface area contributed by atoms with Gasteiger partial charge < -0.3 is 24.8 Å². The summed E-state index contributed by atoms with van der Waals surface area (Å²) in [7, 11) is 0. The van der Waals surface area contributed by atoms with Crippen molar-refractivity contribution in [1.82, 2.24) is 30.3 Å². The van der Waals surface area contributed by atoms with Gasteiger partial charge in [0.25, 0.3) is 0 Å². The third kappa shape index (κ3) is 7.51. The van der Waals surface area contributed by atoms with Gasteiger partial charge in [-0.05, 0) is 26.7 Å². The van der Waals surface area contributed by atoms with Crippen molar-refractivity contribution in [2.24, 2.45) is 4.99 Å². The number of guanidine groups is 1. The molecule has 1 aromatic heterocycles. The summed E-state index contributed by atoms with van der Waals surface area (Å²) < 4.78 is 7.09. The maximum atomic E-state index is 11.8. The van der Waals surface area contributed by atoms with E-state index in [2.05, 4.69) is 39.7 Å². The number of nitrogens with zero attached hydrogens (tertiary/aromatic N) is 5. The zero-order valence-corrected chi connectivity index (χ0v) is 18.8. The number of nitrogens with one attached hydrogen (secondary N) is 2. The van der Waals surface area contributed by atoms with Crippen LogP contribution >= 0.6 is 24.0 Å². The van der Waals surface area contributed by atoms with E-state index in [1.807, 2.05) is 11.5 Å². The van der Waals surface area contributed by atoms with E-state index in [4.69, 9.17) is 4.74 Å². The molecule has 0 aromatic carbocycles. The predicted octanol–water partition coefficient (Wildman–Crippen LogP) is 1.63. The Morgan fingerprint density at radius 1 is 1.33 bits per heavy atom. The number of ether oxygens (including phenoxy) is 1. The first-order valence-electron chi connectivity index (χ1n) is 9.51. The molecule has 1 aliphatic heterocycles. The van der Waals surface area contributed by atoms with Gasteiger partial charge in [0, 0.05) is 38.6 Å². The molecule has 10 heteroatoms. The van der Waals surface area contributed by atoms with Gasteiger partial charge in [-0.25, -0.2) is 4.79 Å². The summed E-state index contributed by atoms with van der Waals surface area (Å²) in [6.45, 7) is 9.99. The molecule has 2 heterocycles. The maximum absolute atomic E-state index is 11.8. The Bertz CT molecular complexity index is 586. The first kappa shape index (κ1) is 23.4. The highest BCUT2D eigenvalue weighted by Gasteiger charge is 2.23. The van der Waals surface area contributed by atoms with E-state index in [0.29, 0.717) is 32.3 Å². The van der Waals surface area contributed by atoms with Crippen molar-refractivity contribution < 1.29 is 9.53 Å². The second-order valence-electron chi connectivity index (χ2n) is 6.16. The summed E-state index contributed by atoms with van der Waals surface area (Å²) in [5.74, 6) is 1.79.